The van der Waals surface area contributed by atoms with Crippen LogP contribution >= 0.6 is 46.4 Å². The Morgan fingerprint density at radius 2 is 1.58 bits per heavy atom. The number of alkyl halides is 2. The fourth-order valence-corrected chi connectivity index (χ4v) is 3.03. The van der Waals surface area contributed by atoms with E-state index < -0.39 is 4.84 Å². The first kappa shape index (κ1) is 17.4. The van der Waals surface area contributed by atoms with Gasteiger partial charge in [0.05, 0.1) is 10.0 Å². The lowest BCUT2D eigenvalue weighted by Gasteiger charge is -2.01. The van der Waals surface area contributed by atoms with E-state index in [-0.39, 0.29) is 11.7 Å². The molecule has 0 bridgehead atoms. The molecular weight excluding hydrogens is 424 g/mol. The van der Waals surface area contributed by atoms with Crippen molar-refractivity contribution in [1.29, 1.82) is 0 Å². The summed E-state index contributed by atoms with van der Waals surface area (Å²) in [5.41, 5.74) is 1.07. The van der Waals surface area contributed by atoms with Crippen LogP contribution < -0.4 is 0 Å². The molecule has 0 aliphatic rings. The van der Waals surface area contributed by atoms with Crippen molar-refractivity contribution in [1.82, 2.24) is 15.3 Å². The standard InChI is InChI=1S/C16H7Cl4N3O3/c17-7-2-1-3-8(18)13(7)9-6-12(25-22-9)10-4-5-11(24-10)15-21-16(14(19)20)26-23-15/h1-6,14H. The molecule has 1 aromatic carbocycles. The van der Waals surface area contributed by atoms with Gasteiger partial charge in [-0.1, -0.05) is 62.8 Å². The van der Waals surface area contributed by atoms with Crippen molar-refractivity contribution in [2.45, 2.75) is 4.84 Å². The summed E-state index contributed by atoms with van der Waals surface area (Å²) in [6.45, 7) is 0. The molecule has 4 rings (SSSR count). The Labute approximate surface area is 166 Å². The predicted octanol–water partition coefficient (Wildman–Crippen LogP) is 6.43. The van der Waals surface area contributed by atoms with E-state index in [1.54, 1.807) is 36.4 Å². The van der Waals surface area contributed by atoms with Gasteiger partial charge < -0.3 is 13.5 Å². The van der Waals surface area contributed by atoms with E-state index in [9.17, 15) is 0 Å². The summed E-state index contributed by atoms with van der Waals surface area (Å²) >= 11 is 23.8. The van der Waals surface area contributed by atoms with Crippen LogP contribution in [0.3, 0.4) is 0 Å². The van der Waals surface area contributed by atoms with Crippen LogP contribution in [0.15, 0.2) is 49.9 Å². The second-order valence-corrected chi connectivity index (χ2v) is 7.00. The number of hydrogen-bond donors (Lipinski definition) is 0. The Morgan fingerprint density at radius 1 is 0.846 bits per heavy atom. The maximum atomic E-state index is 6.19. The molecule has 0 N–H and O–H groups in total. The van der Waals surface area contributed by atoms with Gasteiger partial charge in [0.1, 0.15) is 5.69 Å². The molecule has 0 fully saturated rings. The summed E-state index contributed by atoms with van der Waals surface area (Å²) in [6, 6.07) is 10.2. The zero-order valence-electron chi connectivity index (χ0n) is 12.6. The third-order valence-electron chi connectivity index (χ3n) is 3.43. The molecule has 0 aliphatic heterocycles. The maximum Gasteiger partial charge on any atom is 0.260 e. The van der Waals surface area contributed by atoms with Crippen molar-refractivity contribution >= 4 is 46.4 Å². The fourth-order valence-electron chi connectivity index (χ4n) is 2.27. The van der Waals surface area contributed by atoms with Gasteiger partial charge in [0.2, 0.25) is 11.6 Å². The van der Waals surface area contributed by atoms with Crippen LogP contribution in [-0.2, 0) is 0 Å². The van der Waals surface area contributed by atoms with E-state index >= 15 is 0 Å². The van der Waals surface area contributed by atoms with Crippen molar-refractivity contribution in [3.8, 4) is 34.4 Å². The van der Waals surface area contributed by atoms with E-state index in [0.29, 0.717) is 38.6 Å². The summed E-state index contributed by atoms with van der Waals surface area (Å²) < 4.78 is 16.0. The third kappa shape index (κ3) is 3.21. The molecule has 0 atom stereocenters. The van der Waals surface area contributed by atoms with Gasteiger partial charge in [-0.3, -0.25) is 0 Å². The maximum absolute atomic E-state index is 6.19. The van der Waals surface area contributed by atoms with Crippen LogP contribution in [0.25, 0.3) is 34.4 Å². The van der Waals surface area contributed by atoms with Crippen LogP contribution in [0.5, 0.6) is 0 Å². The summed E-state index contributed by atoms with van der Waals surface area (Å²) in [6.07, 6.45) is 0. The van der Waals surface area contributed by atoms with E-state index in [4.69, 9.17) is 59.9 Å². The molecule has 0 amide bonds. The average Bonchev–Trinajstić information content (AvgIpc) is 3.34. The monoisotopic (exact) mass is 429 g/mol. The van der Waals surface area contributed by atoms with E-state index in [1.807, 2.05) is 0 Å². The minimum atomic E-state index is -0.914. The van der Waals surface area contributed by atoms with Crippen LogP contribution in [0.4, 0.5) is 0 Å². The fraction of sp³-hybridized carbons (Fsp3) is 0.0625. The second kappa shape index (κ2) is 6.96. The lowest BCUT2D eigenvalue weighted by molar-refractivity contribution is 0.387. The van der Waals surface area contributed by atoms with Crippen molar-refractivity contribution in [3.05, 3.63) is 52.3 Å². The van der Waals surface area contributed by atoms with Gasteiger partial charge >= 0.3 is 0 Å². The molecule has 0 radical (unpaired) electrons. The van der Waals surface area contributed by atoms with E-state index in [1.165, 1.54) is 0 Å². The highest BCUT2D eigenvalue weighted by Gasteiger charge is 2.20. The minimum Gasteiger partial charge on any atom is -0.449 e. The summed E-state index contributed by atoms with van der Waals surface area (Å²) in [5.74, 6) is 1.46. The Balaban J connectivity index is 1.65. The normalized spacial score (nSPS) is 11.4. The Kier molecular flexibility index (Phi) is 4.67. The van der Waals surface area contributed by atoms with Gasteiger partial charge in [-0.15, -0.1) is 0 Å². The second-order valence-electron chi connectivity index (χ2n) is 5.09. The molecule has 0 spiro atoms. The smallest absolute Gasteiger partial charge is 0.260 e. The van der Waals surface area contributed by atoms with Crippen molar-refractivity contribution in [2.75, 3.05) is 0 Å². The zero-order chi connectivity index (χ0) is 18.3. The Bertz CT molecular complexity index is 1050. The number of benzene rings is 1. The largest absolute Gasteiger partial charge is 0.449 e. The molecule has 26 heavy (non-hydrogen) atoms. The van der Waals surface area contributed by atoms with Crippen molar-refractivity contribution in [3.63, 3.8) is 0 Å². The number of aromatic nitrogens is 3. The molecule has 6 nitrogen and oxygen atoms in total. The Morgan fingerprint density at radius 3 is 2.27 bits per heavy atom. The van der Waals surface area contributed by atoms with Crippen LogP contribution in [0, 0.1) is 0 Å². The first-order valence-corrected chi connectivity index (χ1v) is 8.79. The van der Waals surface area contributed by atoms with Crippen LogP contribution in [0.1, 0.15) is 10.7 Å². The highest BCUT2D eigenvalue weighted by Crippen LogP contribution is 2.36. The number of rotatable bonds is 4. The highest BCUT2D eigenvalue weighted by atomic mass is 35.5. The average molecular weight is 431 g/mol. The highest BCUT2D eigenvalue weighted by molar-refractivity contribution is 6.43. The van der Waals surface area contributed by atoms with Gasteiger partial charge in [-0.2, -0.15) is 4.98 Å². The van der Waals surface area contributed by atoms with Crippen molar-refractivity contribution < 1.29 is 13.5 Å². The summed E-state index contributed by atoms with van der Waals surface area (Å²) in [4.78, 5) is 3.13. The summed E-state index contributed by atoms with van der Waals surface area (Å²) in [7, 11) is 0. The van der Waals surface area contributed by atoms with Crippen LogP contribution in [0.2, 0.25) is 10.0 Å². The summed E-state index contributed by atoms with van der Waals surface area (Å²) in [5, 5.41) is 8.70. The Hall–Kier alpha value is -1.99. The SMILES string of the molecule is Clc1cccc(Cl)c1-c1cc(-c2ccc(-c3noc(C(Cl)Cl)n3)o2)on1. The lowest BCUT2D eigenvalue weighted by atomic mass is 10.1. The third-order valence-corrected chi connectivity index (χ3v) is 4.43. The molecule has 4 aromatic rings. The molecule has 0 saturated carbocycles. The topological polar surface area (TPSA) is 78.1 Å². The van der Waals surface area contributed by atoms with Gasteiger partial charge in [-0.25, -0.2) is 0 Å². The number of hydrogen-bond acceptors (Lipinski definition) is 6. The molecule has 0 saturated heterocycles. The molecule has 10 heteroatoms. The molecule has 3 aromatic heterocycles. The van der Waals surface area contributed by atoms with E-state index in [0.717, 1.165) is 0 Å². The first-order chi connectivity index (χ1) is 12.5. The molecule has 132 valence electrons. The molecule has 0 aliphatic carbocycles. The number of halogens is 4. The first-order valence-electron chi connectivity index (χ1n) is 7.16. The quantitative estimate of drug-likeness (QED) is 0.347. The number of furan rings is 1. The predicted molar refractivity (Wildman–Crippen MR) is 97.4 cm³/mol. The molecule has 0 unspecified atom stereocenters. The zero-order valence-corrected chi connectivity index (χ0v) is 15.6. The molecular formula is C16H7Cl4N3O3. The molecule has 3 heterocycles. The van der Waals surface area contributed by atoms with Gasteiger partial charge in [0.25, 0.3) is 5.89 Å². The van der Waals surface area contributed by atoms with Gasteiger partial charge in [0, 0.05) is 11.6 Å². The lowest BCUT2D eigenvalue weighted by Crippen LogP contribution is -1.81. The van der Waals surface area contributed by atoms with Gasteiger partial charge in [-0.05, 0) is 24.3 Å². The van der Waals surface area contributed by atoms with Crippen LogP contribution in [-0.4, -0.2) is 15.3 Å². The minimum absolute atomic E-state index is 0.0802. The van der Waals surface area contributed by atoms with Gasteiger partial charge in [0.15, 0.2) is 16.4 Å². The van der Waals surface area contributed by atoms with E-state index in [2.05, 4.69) is 15.3 Å². The van der Waals surface area contributed by atoms with Crippen molar-refractivity contribution in [2.24, 2.45) is 0 Å². The number of nitrogens with zero attached hydrogens (tertiary/aromatic N) is 3.